The van der Waals surface area contributed by atoms with E-state index in [1.54, 1.807) is 48.6 Å². The smallest absolute Gasteiger partial charge is 0.410 e. The Morgan fingerprint density at radius 3 is 2.59 bits per heavy atom. The normalized spacial score (nSPS) is 15.7. The maximum absolute atomic E-state index is 15.5. The van der Waals surface area contributed by atoms with Crippen molar-refractivity contribution in [3.05, 3.63) is 64.2 Å². The van der Waals surface area contributed by atoms with Gasteiger partial charge in [0, 0.05) is 30.2 Å². The first kappa shape index (κ1) is 28.6. The zero-order chi connectivity index (χ0) is 28.4. The summed E-state index contributed by atoms with van der Waals surface area (Å²) in [5.41, 5.74) is 2.66. The highest BCUT2D eigenvalue weighted by molar-refractivity contribution is 7.92. The summed E-state index contributed by atoms with van der Waals surface area (Å²) in [7, 11) is -2.75. The molecule has 0 saturated carbocycles. The van der Waals surface area contributed by atoms with Gasteiger partial charge in [0.05, 0.1) is 19.2 Å². The number of amides is 1. The van der Waals surface area contributed by atoms with Crippen molar-refractivity contribution in [1.29, 1.82) is 0 Å². The molecule has 0 radical (unpaired) electrons. The number of benzene rings is 2. The standard InChI is InChI=1S/C27H33FN4O5S2/c1-18-12-24(22(28)13-23(18)30-20-10-11-31(15-20)26(33)37-27(2,3)4)39(34,35)32(25-16-38-17-29-25)14-19-6-8-21(36-5)9-7-19/h6-9,12-13,16-17,20,30H,10-11,14-15H2,1-5H3/t20-/m0/s1. The number of nitrogens with zero attached hydrogens (tertiary/aromatic N) is 3. The molecule has 0 aliphatic carbocycles. The number of thiazole rings is 1. The quantitative estimate of drug-likeness (QED) is 0.382. The van der Waals surface area contributed by atoms with Gasteiger partial charge in [-0.1, -0.05) is 12.1 Å². The number of methoxy groups -OCH3 is 1. The third-order valence-corrected chi connectivity index (χ3v) is 8.55. The van der Waals surface area contributed by atoms with E-state index in [9.17, 15) is 13.2 Å². The van der Waals surface area contributed by atoms with Crippen molar-refractivity contribution >= 4 is 39.0 Å². The molecular formula is C27H33FN4O5S2. The summed E-state index contributed by atoms with van der Waals surface area (Å²) in [6.07, 6.45) is 0.259. The van der Waals surface area contributed by atoms with Gasteiger partial charge < -0.3 is 19.7 Å². The Hall–Kier alpha value is -3.38. The highest BCUT2D eigenvalue weighted by Gasteiger charge is 2.32. The summed E-state index contributed by atoms with van der Waals surface area (Å²) >= 11 is 1.25. The maximum atomic E-state index is 15.5. The first-order valence-corrected chi connectivity index (χ1v) is 14.8. The highest BCUT2D eigenvalue weighted by Crippen LogP contribution is 2.31. The molecule has 1 aliphatic heterocycles. The van der Waals surface area contributed by atoms with Crippen molar-refractivity contribution in [2.24, 2.45) is 0 Å². The van der Waals surface area contributed by atoms with Gasteiger partial charge in [0.25, 0.3) is 10.0 Å². The summed E-state index contributed by atoms with van der Waals surface area (Å²) < 4.78 is 54.7. The van der Waals surface area contributed by atoms with E-state index in [1.165, 1.54) is 29.0 Å². The third kappa shape index (κ3) is 6.80. The number of carbonyl (C=O) groups is 1. The first-order chi connectivity index (χ1) is 18.4. The minimum atomic E-state index is -4.30. The SMILES string of the molecule is COc1ccc(CN(c2cscn2)S(=O)(=O)c2cc(C)c(N[C@H]3CCN(C(=O)OC(C)(C)C)C3)cc2F)cc1. The van der Waals surface area contributed by atoms with Crippen LogP contribution in [0.3, 0.4) is 0 Å². The monoisotopic (exact) mass is 576 g/mol. The van der Waals surface area contributed by atoms with Gasteiger partial charge in [-0.3, -0.25) is 0 Å². The number of aryl methyl sites for hydroxylation is 1. The molecule has 0 bridgehead atoms. The Labute approximate surface area is 232 Å². The minimum absolute atomic E-state index is 0.0306. The van der Waals surface area contributed by atoms with Crippen molar-refractivity contribution in [1.82, 2.24) is 9.88 Å². The Kier molecular flexibility index (Phi) is 8.36. The van der Waals surface area contributed by atoms with Crippen LogP contribution in [0.4, 0.5) is 20.7 Å². The zero-order valence-electron chi connectivity index (χ0n) is 22.6. The molecule has 39 heavy (non-hydrogen) atoms. The van der Waals surface area contributed by atoms with Crippen molar-refractivity contribution in [3.8, 4) is 5.75 Å². The first-order valence-electron chi connectivity index (χ1n) is 12.5. The molecule has 210 valence electrons. The molecule has 3 aromatic rings. The molecule has 4 rings (SSSR count). The summed E-state index contributed by atoms with van der Waals surface area (Å²) in [6.45, 7) is 8.03. The molecule has 0 spiro atoms. The van der Waals surface area contributed by atoms with Gasteiger partial charge in [-0.05, 0) is 69.5 Å². The van der Waals surface area contributed by atoms with Gasteiger partial charge in [0.2, 0.25) is 0 Å². The molecular weight excluding hydrogens is 543 g/mol. The van der Waals surface area contributed by atoms with Crippen LogP contribution in [0.25, 0.3) is 0 Å². The molecule has 1 saturated heterocycles. The highest BCUT2D eigenvalue weighted by atomic mass is 32.2. The lowest BCUT2D eigenvalue weighted by atomic mass is 10.1. The van der Waals surface area contributed by atoms with Crippen molar-refractivity contribution in [2.45, 2.75) is 57.2 Å². The third-order valence-electron chi connectivity index (χ3n) is 6.21. The minimum Gasteiger partial charge on any atom is -0.497 e. The fraction of sp³-hybridized carbons (Fsp3) is 0.407. The van der Waals surface area contributed by atoms with Crippen molar-refractivity contribution < 1.29 is 27.1 Å². The largest absolute Gasteiger partial charge is 0.497 e. The zero-order valence-corrected chi connectivity index (χ0v) is 24.2. The van der Waals surface area contributed by atoms with Crippen LogP contribution >= 0.6 is 11.3 Å². The molecule has 1 fully saturated rings. The summed E-state index contributed by atoms with van der Waals surface area (Å²) in [6, 6.07) is 9.39. The fourth-order valence-electron chi connectivity index (χ4n) is 4.23. The van der Waals surface area contributed by atoms with Crippen molar-refractivity contribution in [2.75, 3.05) is 29.8 Å². The number of nitrogens with one attached hydrogen (secondary N) is 1. The van der Waals surface area contributed by atoms with Gasteiger partial charge in [-0.15, -0.1) is 11.3 Å². The van der Waals surface area contributed by atoms with E-state index < -0.39 is 32.4 Å². The average Bonchev–Trinajstić information content (AvgIpc) is 3.56. The van der Waals surface area contributed by atoms with E-state index in [4.69, 9.17) is 9.47 Å². The second-order valence-corrected chi connectivity index (χ2v) is 12.9. The summed E-state index contributed by atoms with van der Waals surface area (Å²) in [5, 5.41) is 4.87. The number of hydrogen-bond donors (Lipinski definition) is 1. The van der Waals surface area contributed by atoms with Crippen LogP contribution in [0.15, 0.2) is 52.2 Å². The molecule has 1 atom stereocenters. The van der Waals surface area contributed by atoms with E-state index in [0.717, 1.165) is 4.31 Å². The van der Waals surface area contributed by atoms with Crippen LogP contribution in [0.5, 0.6) is 5.75 Å². The average molecular weight is 577 g/mol. The molecule has 12 heteroatoms. The number of likely N-dealkylation sites (tertiary alicyclic amines) is 1. The van der Waals surface area contributed by atoms with Gasteiger partial charge >= 0.3 is 6.09 Å². The molecule has 2 heterocycles. The fourth-order valence-corrected chi connectivity index (χ4v) is 6.37. The van der Waals surface area contributed by atoms with Crippen molar-refractivity contribution in [3.63, 3.8) is 0 Å². The summed E-state index contributed by atoms with van der Waals surface area (Å²) in [5.74, 6) is -0.0219. The van der Waals surface area contributed by atoms with Gasteiger partial charge in [-0.25, -0.2) is 26.9 Å². The van der Waals surface area contributed by atoms with Gasteiger partial charge in [-0.2, -0.15) is 0 Å². The van der Waals surface area contributed by atoms with E-state index >= 15 is 4.39 Å². The Morgan fingerprint density at radius 1 is 1.26 bits per heavy atom. The number of rotatable bonds is 8. The Morgan fingerprint density at radius 2 is 1.97 bits per heavy atom. The van der Waals surface area contributed by atoms with E-state index in [2.05, 4.69) is 10.3 Å². The predicted molar refractivity (Wildman–Crippen MR) is 149 cm³/mol. The molecule has 1 N–H and O–H groups in total. The second kappa shape index (κ2) is 11.4. The molecule has 2 aromatic carbocycles. The number of hydrogen-bond acceptors (Lipinski definition) is 8. The lowest BCUT2D eigenvalue weighted by Crippen LogP contribution is -2.36. The number of carbonyl (C=O) groups excluding carboxylic acids is 1. The molecule has 1 aliphatic rings. The van der Waals surface area contributed by atoms with Gasteiger partial charge in [0.1, 0.15) is 22.1 Å². The lowest BCUT2D eigenvalue weighted by molar-refractivity contribution is 0.0293. The number of aromatic nitrogens is 1. The van der Waals surface area contributed by atoms with Crippen LogP contribution < -0.4 is 14.4 Å². The number of halogens is 1. The Balaban J connectivity index is 1.55. The van der Waals surface area contributed by atoms with Crippen LogP contribution in [0.1, 0.15) is 38.3 Å². The van der Waals surface area contributed by atoms with Crippen LogP contribution in [0, 0.1) is 12.7 Å². The Bertz CT molecular complexity index is 1410. The number of anilines is 2. The van der Waals surface area contributed by atoms with Crippen LogP contribution in [0.2, 0.25) is 0 Å². The maximum Gasteiger partial charge on any atom is 0.410 e. The van der Waals surface area contributed by atoms with E-state index in [1.807, 2.05) is 20.8 Å². The molecule has 0 unspecified atom stereocenters. The summed E-state index contributed by atoms with van der Waals surface area (Å²) in [4.78, 5) is 17.7. The van der Waals surface area contributed by atoms with Gasteiger partial charge in [0.15, 0.2) is 5.82 Å². The van der Waals surface area contributed by atoms with E-state index in [0.29, 0.717) is 42.1 Å². The van der Waals surface area contributed by atoms with Crippen LogP contribution in [-0.4, -0.2) is 56.2 Å². The number of sulfonamides is 1. The lowest BCUT2D eigenvalue weighted by Gasteiger charge is -2.25. The molecule has 1 amide bonds. The number of ether oxygens (including phenoxy) is 2. The van der Waals surface area contributed by atoms with E-state index in [-0.39, 0.29) is 18.4 Å². The molecule has 1 aromatic heterocycles. The topological polar surface area (TPSA) is 101 Å². The molecule has 9 nitrogen and oxygen atoms in total. The second-order valence-electron chi connectivity index (χ2n) is 10.4. The predicted octanol–water partition coefficient (Wildman–Crippen LogP) is 5.42. The van der Waals surface area contributed by atoms with Crippen LogP contribution in [-0.2, 0) is 21.3 Å².